The summed E-state index contributed by atoms with van der Waals surface area (Å²) in [5, 5.41) is 10.9. The van der Waals surface area contributed by atoms with Crippen molar-refractivity contribution < 1.29 is 19.2 Å². The first-order valence-electron chi connectivity index (χ1n) is 12.5. The zero-order valence-electron chi connectivity index (χ0n) is 21.2. The van der Waals surface area contributed by atoms with E-state index < -0.39 is 4.92 Å². The Morgan fingerprint density at radius 3 is 2.42 bits per heavy atom. The Balaban J connectivity index is 1.31. The lowest BCUT2D eigenvalue weighted by Gasteiger charge is -2.36. The average Bonchev–Trinajstić information content (AvgIpc) is 2.89. The number of anilines is 2. The minimum Gasteiger partial charge on any atom is -0.482 e. The first-order valence-corrected chi connectivity index (χ1v) is 12.5. The molecule has 0 saturated carbocycles. The lowest BCUT2D eigenvalue weighted by molar-refractivity contribution is -0.384. The van der Waals surface area contributed by atoms with Gasteiger partial charge in [0.1, 0.15) is 5.75 Å². The van der Waals surface area contributed by atoms with Crippen molar-refractivity contribution in [2.45, 2.75) is 45.4 Å². The minimum atomic E-state index is -0.408. The summed E-state index contributed by atoms with van der Waals surface area (Å²) in [6, 6.07) is 12.6. The molecule has 1 saturated heterocycles. The highest BCUT2D eigenvalue weighted by Gasteiger charge is 2.29. The van der Waals surface area contributed by atoms with E-state index in [0.29, 0.717) is 51.3 Å². The predicted octanol–water partition coefficient (Wildman–Crippen LogP) is 4.14. The second-order valence-electron chi connectivity index (χ2n) is 10.00. The van der Waals surface area contributed by atoms with Gasteiger partial charge in [0.05, 0.1) is 10.6 Å². The molecule has 36 heavy (non-hydrogen) atoms. The molecule has 1 fully saturated rings. The Labute approximate surface area is 211 Å². The van der Waals surface area contributed by atoms with Gasteiger partial charge in [-0.2, -0.15) is 0 Å². The van der Waals surface area contributed by atoms with Gasteiger partial charge >= 0.3 is 0 Å². The fourth-order valence-corrected chi connectivity index (χ4v) is 4.62. The monoisotopic (exact) mass is 494 g/mol. The van der Waals surface area contributed by atoms with Crippen LogP contribution < -0.4 is 14.5 Å². The third kappa shape index (κ3) is 5.45. The van der Waals surface area contributed by atoms with Crippen LogP contribution in [0, 0.1) is 10.1 Å². The number of nitro groups is 1. The van der Waals surface area contributed by atoms with E-state index in [2.05, 4.69) is 37.8 Å². The third-order valence-electron chi connectivity index (χ3n) is 7.40. The van der Waals surface area contributed by atoms with Crippen LogP contribution in [0.25, 0.3) is 0 Å². The van der Waals surface area contributed by atoms with Crippen molar-refractivity contribution in [1.29, 1.82) is 0 Å². The van der Waals surface area contributed by atoms with Gasteiger partial charge in [-0.3, -0.25) is 19.7 Å². The van der Waals surface area contributed by atoms with Crippen molar-refractivity contribution in [1.82, 2.24) is 4.90 Å². The quantitative estimate of drug-likeness (QED) is 0.404. The van der Waals surface area contributed by atoms with Gasteiger partial charge in [0, 0.05) is 57.0 Å². The molecular formula is C27H34N4O5. The molecule has 0 aromatic heterocycles. The number of piperazine rings is 1. The molecule has 4 rings (SSSR count). The highest BCUT2D eigenvalue weighted by atomic mass is 16.6. The molecule has 0 N–H and O–H groups in total. The van der Waals surface area contributed by atoms with Crippen molar-refractivity contribution in [3.05, 3.63) is 58.1 Å². The topological polar surface area (TPSA) is 96.2 Å². The van der Waals surface area contributed by atoms with Crippen LogP contribution in [-0.4, -0.2) is 61.0 Å². The summed E-state index contributed by atoms with van der Waals surface area (Å²) in [5.74, 6) is 0.706. The van der Waals surface area contributed by atoms with E-state index in [-0.39, 0.29) is 29.5 Å². The van der Waals surface area contributed by atoms with Crippen molar-refractivity contribution in [3.63, 3.8) is 0 Å². The first-order chi connectivity index (χ1) is 17.2. The Kier molecular flexibility index (Phi) is 7.47. The van der Waals surface area contributed by atoms with Gasteiger partial charge in [-0.1, -0.05) is 26.8 Å². The van der Waals surface area contributed by atoms with Crippen molar-refractivity contribution in [3.8, 4) is 5.75 Å². The number of hydrogen-bond donors (Lipinski definition) is 0. The molecular weight excluding hydrogens is 460 g/mol. The number of fused-ring (bicyclic) bond motifs is 1. The van der Waals surface area contributed by atoms with Crippen LogP contribution in [0.1, 0.15) is 45.6 Å². The molecule has 0 aliphatic carbocycles. The van der Waals surface area contributed by atoms with Crippen LogP contribution in [0.3, 0.4) is 0 Å². The SMILES string of the molecule is CCC(C)(C)c1ccc2c(c1)N(CCCC(=O)N1CCN(c3ccc([N+](=O)[O-])cc3)CC1)C(=O)CO2. The van der Waals surface area contributed by atoms with E-state index in [9.17, 15) is 19.7 Å². The van der Waals surface area contributed by atoms with Gasteiger partial charge in [0.2, 0.25) is 5.91 Å². The number of nitrogens with zero attached hydrogens (tertiary/aromatic N) is 4. The van der Waals surface area contributed by atoms with Gasteiger partial charge in [0.15, 0.2) is 6.61 Å². The van der Waals surface area contributed by atoms with Crippen LogP contribution in [0.15, 0.2) is 42.5 Å². The lowest BCUT2D eigenvalue weighted by atomic mass is 9.82. The minimum absolute atomic E-state index is 0.00618. The van der Waals surface area contributed by atoms with Gasteiger partial charge in [-0.05, 0) is 48.1 Å². The van der Waals surface area contributed by atoms with Crippen molar-refractivity contribution in [2.24, 2.45) is 0 Å². The number of carbonyl (C=O) groups is 2. The number of ether oxygens (including phenoxy) is 1. The number of hydrogen-bond acceptors (Lipinski definition) is 6. The summed E-state index contributed by atoms with van der Waals surface area (Å²) in [7, 11) is 0. The zero-order valence-corrected chi connectivity index (χ0v) is 21.2. The Morgan fingerprint density at radius 1 is 1.08 bits per heavy atom. The molecule has 0 bridgehead atoms. The summed E-state index contributed by atoms with van der Waals surface area (Å²) < 4.78 is 5.65. The van der Waals surface area contributed by atoms with Gasteiger partial charge in [-0.25, -0.2) is 0 Å². The maximum atomic E-state index is 12.9. The van der Waals surface area contributed by atoms with Gasteiger partial charge in [0.25, 0.3) is 11.6 Å². The fraction of sp³-hybridized carbons (Fsp3) is 0.481. The first kappa shape index (κ1) is 25.5. The number of benzene rings is 2. The molecule has 192 valence electrons. The predicted molar refractivity (Wildman–Crippen MR) is 139 cm³/mol. The molecule has 2 aromatic carbocycles. The molecule has 9 nitrogen and oxygen atoms in total. The number of carbonyl (C=O) groups excluding carboxylic acids is 2. The normalized spacial score (nSPS) is 16.0. The highest BCUT2D eigenvalue weighted by Crippen LogP contribution is 2.37. The molecule has 2 heterocycles. The molecule has 2 amide bonds. The molecule has 2 aliphatic heterocycles. The van der Waals surface area contributed by atoms with E-state index >= 15 is 0 Å². The molecule has 0 unspecified atom stereocenters. The second kappa shape index (κ2) is 10.6. The summed E-state index contributed by atoms with van der Waals surface area (Å²) in [4.78, 5) is 41.7. The van der Waals surface area contributed by atoms with Gasteiger partial charge < -0.3 is 19.4 Å². The molecule has 2 aliphatic rings. The molecule has 9 heteroatoms. The van der Waals surface area contributed by atoms with Crippen LogP contribution >= 0.6 is 0 Å². The molecule has 2 aromatic rings. The fourth-order valence-electron chi connectivity index (χ4n) is 4.62. The lowest BCUT2D eigenvalue weighted by Crippen LogP contribution is -2.49. The van der Waals surface area contributed by atoms with Crippen LogP contribution in [0.2, 0.25) is 0 Å². The number of non-ortho nitro benzene ring substituents is 1. The Morgan fingerprint density at radius 2 is 1.78 bits per heavy atom. The maximum Gasteiger partial charge on any atom is 0.269 e. The van der Waals surface area contributed by atoms with E-state index in [0.717, 1.165) is 23.4 Å². The number of amides is 2. The summed E-state index contributed by atoms with van der Waals surface area (Å²) in [6.07, 6.45) is 1.93. The van der Waals surface area contributed by atoms with Crippen LogP contribution in [0.4, 0.5) is 17.1 Å². The van der Waals surface area contributed by atoms with Gasteiger partial charge in [-0.15, -0.1) is 0 Å². The number of nitro benzene ring substituents is 1. The van der Waals surface area contributed by atoms with Crippen LogP contribution in [0.5, 0.6) is 5.75 Å². The van der Waals surface area contributed by atoms with E-state index in [4.69, 9.17) is 4.74 Å². The Bertz CT molecular complexity index is 1120. The molecule has 0 radical (unpaired) electrons. The second-order valence-corrected chi connectivity index (χ2v) is 10.00. The average molecular weight is 495 g/mol. The van der Waals surface area contributed by atoms with Crippen molar-refractivity contribution in [2.75, 3.05) is 49.1 Å². The summed E-state index contributed by atoms with van der Waals surface area (Å²) in [5.41, 5.74) is 2.93. The Hall–Kier alpha value is -3.62. The van der Waals surface area contributed by atoms with E-state index in [1.165, 1.54) is 12.1 Å². The van der Waals surface area contributed by atoms with E-state index in [1.54, 1.807) is 17.0 Å². The highest BCUT2D eigenvalue weighted by molar-refractivity contribution is 5.98. The van der Waals surface area contributed by atoms with Crippen molar-refractivity contribution >= 4 is 28.9 Å². The van der Waals surface area contributed by atoms with Crippen LogP contribution in [-0.2, 0) is 15.0 Å². The maximum absolute atomic E-state index is 12.9. The summed E-state index contributed by atoms with van der Waals surface area (Å²) >= 11 is 0. The molecule has 0 spiro atoms. The standard InChI is InChI=1S/C27H34N4O5/c1-4-27(2,3)20-7-12-24-23(18-20)30(26(33)19-36-24)13-5-6-25(32)29-16-14-28(15-17-29)21-8-10-22(11-9-21)31(34)35/h7-12,18H,4-6,13-17,19H2,1-3H3. The van der Waals surface area contributed by atoms with E-state index in [1.807, 2.05) is 11.0 Å². The number of rotatable bonds is 8. The largest absolute Gasteiger partial charge is 0.482 e. The zero-order chi connectivity index (χ0) is 25.9. The smallest absolute Gasteiger partial charge is 0.269 e. The molecule has 0 atom stereocenters. The third-order valence-corrected chi connectivity index (χ3v) is 7.40. The summed E-state index contributed by atoms with van der Waals surface area (Å²) in [6.45, 7) is 9.56.